The van der Waals surface area contributed by atoms with Crippen molar-refractivity contribution in [1.82, 2.24) is 4.72 Å². The highest BCUT2D eigenvalue weighted by Crippen LogP contribution is 2.28. The molecule has 0 aliphatic heterocycles. The average Bonchev–Trinajstić information content (AvgIpc) is 3.01. The molecule has 2 aromatic carbocycles. The van der Waals surface area contributed by atoms with Crippen molar-refractivity contribution in [2.75, 3.05) is 6.61 Å². The van der Waals surface area contributed by atoms with Gasteiger partial charge in [-0.15, -0.1) is 0 Å². The SMILES string of the molecule is O=S(=O)(N[C@@H]1CCC[C@H]1CO)c1ccc(-c2ccc(F)cc2F)cc1. The molecular formula is C18H19F2NO3S. The molecule has 1 aliphatic rings. The number of sulfonamides is 1. The summed E-state index contributed by atoms with van der Waals surface area (Å²) in [6.07, 6.45) is 2.37. The van der Waals surface area contributed by atoms with Crippen LogP contribution in [-0.2, 0) is 10.0 Å². The van der Waals surface area contributed by atoms with Crippen molar-refractivity contribution in [3.63, 3.8) is 0 Å². The van der Waals surface area contributed by atoms with Crippen LogP contribution in [0.4, 0.5) is 8.78 Å². The molecule has 0 radical (unpaired) electrons. The number of nitrogens with one attached hydrogen (secondary N) is 1. The third-order valence-corrected chi connectivity index (χ3v) is 6.11. The third kappa shape index (κ3) is 3.89. The Bertz CT molecular complexity index is 853. The lowest BCUT2D eigenvalue weighted by atomic mass is 10.1. The average molecular weight is 367 g/mol. The Morgan fingerprint density at radius 1 is 1.08 bits per heavy atom. The molecule has 2 atom stereocenters. The second-order valence-corrected chi connectivity index (χ2v) is 7.96. The van der Waals surface area contributed by atoms with E-state index in [0.29, 0.717) is 12.0 Å². The van der Waals surface area contributed by atoms with Gasteiger partial charge in [-0.2, -0.15) is 0 Å². The van der Waals surface area contributed by atoms with E-state index in [2.05, 4.69) is 4.72 Å². The van der Waals surface area contributed by atoms with Crippen molar-refractivity contribution in [2.45, 2.75) is 30.2 Å². The lowest BCUT2D eigenvalue weighted by Gasteiger charge is -2.19. The fourth-order valence-corrected chi connectivity index (χ4v) is 4.55. The Hall–Kier alpha value is -1.83. The van der Waals surface area contributed by atoms with Gasteiger partial charge in [0.15, 0.2) is 0 Å². The van der Waals surface area contributed by atoms with Gasteiger partial charge in [-0.3, -0.25) is 0 Å². The van der Waals surface area contributed by atoms with E-state index in [-0.39, 0.29) is 29.0 Å². The molecule has 1 fully saturated rings. The predicted octanol–water partition coefficient (Wildman–Crippen LogP) is 3.07. The molecule has 0 heterocycles. The van der Waals surface area contributed by atoms with Crippen molar-refractivity contribution >= 4 is 10.0 Å². The summed E-state index contributed by atoms with van der Waals surface area (Å²) in [6, 6.07) is 8.75. The summed E-state index contributed by atoms with van der Waals surface area (Å²) in [6.45, 7) is -0.0457. The van der Waals surface area contributed by atoms with E-state index in [0.717, 1.165) is 25.0 Å². The minimum absolute atomic E-state index is 0.0457. The Kier molecular flexibility index (Phi) is 5.17. The number of aliphatic hydroxyl groups is 1. The normalized spacial score (nSPS) is 20.8. The molecule has 1 aliphatic carbocycles. The van der Waals surface area contributed by atoms with Crippen molar-refractivity contribution in [3.05, 3.63) is 54.1 Å². The van der Waals surface area contributed by atoms with Gasteiger partial charge >= 0.3 is 0 Å². The summed E-state index contributed by atoms with van der Waals surface area (Å²) in [4.78, 5) is 0.0716. The highest BCUT2D eigenvalue weighted by atomic mass is 32.2. The minimum Gasteiger partial charge on any atom is -0.396 e. The number of hydrogen-bond acceptors (Lipinski definition) is 3. The van der Waals surface area contributed by atoms with Crippen LogP contribution >= 0.6 is 0 Å². The Morgan fingerprint density at radius 3 is 2.44 bits per heavy atom. The van der Waals surface area contributed by atoms with Crippen LogP contribution in [-0.4, -0.2) is 26.2 Å². The molecule has 3 rings (SSSR count). The van der Waals surface area contributed by atoms with Gasteiger partial charge in [0.1, 0.15) is 11.6 Å². The smallest absolute Gasteiger partial charge is 0.240 e. The summed E-state index contributed by atoms with van der Waals surface area (Å²) in [5.74, 6) is -1.44. The molecule has 1 saturated carbocycles. The van der Waals surface area contributed by atoms with Crippen molar-refractivity contribution in [2.24, 2.45) is 5.92 Å². The van der Waals surface area contributed by atoms with Crippen LogP contribution in [0, 0.1) is 17.6 Å². The molecule has 4 nitrogen and oxygen atoms in total. The number of benzene rings is 2. The van der Waals surface area contributed by atoms with Crippen molar-refractivity contribution in [3.8, 4) is 11.1 Å². The van der Waals surface area contributed by atoms with Crippen molar-refractivity contribution in [1.29, 1.82) is 0 Å². The highest BCUT2D eigenvalue weighted by Gasteiger charge is 2.30. The molecule has 0 bridgehead atoms. The van der Waals surface area contributed by atoms with Gasteiger partial charge in [-0.1, -0.05) is 18.6 Å². The van der Waals surface area contributed by atoms with Crippen LogP contribution < -0.4 is 4.72 Å². The topological polar surface area (TPSA) is 66.4 Å². The lowest BCUT2D eigenvalue weighted by molar-refractivity contribution is 0.213. The first-order valence-electron chi connectivity index (χ1n) is 8.09. The first-order valence-corrected chi connectivity index (χ1v) is 9.58. The molecule has 0 spiro atoms. The lowest BCUT2D eigenvalue weighted by Crippen LogP contribution is -2.38. The zero-order valence-electron chi connectivity index (χ0n) is 13.5. The van der Waals surface area contributed by atoms with Crippen LogP contribution in [0.1, 0.15) is 19.3 Å². The van der Waals surface area contributed by atoms with E-state index in [9.17, 15) is 22.3 Å². The van der Waals surface area contributed by atoms with E-state index in [4.69, 9.17) is 0 Å². The van der Waals surface area contributed by atoms with Gasteiger partial charge in [0.05, 0.1) is 4.90 Å². The fraction of sp³-hybridized carbons (Fsp3) is 0.333. The Morgan fingerprint density at radius 2 is 1.80 bits per heavy atom. The van der Waals surface area contributed by atoms with Crippen LogP contribution in [0.3, 0.4) is 0 Å². The van der Waals surface area contributed by atoms with Gasteiger partial charge in [-0.05, 0) is 48.6 Å². The molecule has 2 N–H and O–H groups in total. The van der Waals surface area contributed by atoms with E-state index in [1.54, 1.807) is 0 Å². The van der Waals surface area contributed by atoms with E-state index in [1.165, 1.54) is 30.3 Å². The number of rotatable bonds is 5. The molecule has 0 aromatic heterocycles. The first-order chi connectivity index (χ1) is 11.9. The maximum atomic E-state index is 13.8. The molecule has 0 saturated heterocycles. The monoisotopic (exact) mass is 367 g/mol. The summed E-state index contributed by atoms with van der Waals surface area (Å²) in [7, 11) is -3.72. The van der Waals surface area contributed by atoms with E-state index < -0.39 is 21.7 Å². The first kappa shape index (κ1) is 18.0. The number of aliphatic hydroxyl groups excluding tert-OH is 1. The highest BCUT2D eigenvalue weighted by molar-refractivity contribution is 7.89. The van der Waals surface area contributed by atoms with Gasteiger partial charge in [0.2, 0.25) is 10.0 Å². The Labute approximate surface area is 145 Å². The second kappa shape index (κ2) is 7.19. The number of hydrogen-bond donors (Lipinski definition) is 2. The quantitative estimate of drug-likeness (QED) is 0.854. The minimum atomic E-state index is -3.72. The molecule has 7 heteroatoms. The van der Waals surface area contributed by atoms with Gasteiger partial charge in [0.25, 0.3) is 0 Å². The third-order valence-electron chi connectivity index (χ3n) is 4.61. The standard InChI is InChI=1S/C18H19F2NO3S/c19-14-6-9-16(17(20)10-14)12-4-7-15(8-5-12)25(23,24)21-18-3-1-2-13(18)11-22/h4-10,13,18,21-22H,1-3,11H2/t13-,18+/m0/s1. The van der Waals surface area contributed by atoms with Gasteiger partial charge < -0.3 is 5.11 Å². The summed E-state index contributed by atoms with van der Waals surface area (Å²) >= 11 is 0. The molecule has 2 aromatic rings. The maximum Gasteiger partial charge on any atom is 0.240 e. The number of halogens is 2. The van der Waals surface area contributed by atoms with E-state index >= 15 is 0 Å². The zero-order chi connectivity index (χ0) is 18.0. The molecular weight excluding hydrogens is 348 g/mol. The zero-order valence-corrected chi connectivity index (χ0v) is 14.3. The fourth-order valence-electron chi connectivity index (χ4n) is 3.22. The Balaban J connectivity index is 1.81. The summed E-state index contributed by atoms with van der Waals surface area (Å²) in [5.41, 5.74) is 0.667. The maximum absolute atomic E-state index is 13.8. The van der Waals surface area contributed by atoms with Crippen molar-refractivity contribution < 1.29 is 22.3 Å². The second-order valence-electron chi connectivity index (χ2n) is 6.25. The molecule has 134 valence electrons. The van der Waals surface area contributed by atoms with Crippen LogP contribution in [0.5, 0.6) is 0 Å². The molecule has 0 unspecified atom stereocenters. The van der Waals surface area contributed by atoms with Gasteiger partial charge in [0, 0.05) is 24.3 Å². The summed E-state index contributed by atoms with van der Waals surface area (Å²) in [5, 5.41) is 9.31. The largest absolute Gasteiger partial charge is 0.396 e. The van der Waals surface area contributed by atoms with Gasteiger partial charge in [-0.25, -0.2) is 21.9 Å². The summed E-state index contributed by atoms with van der Waals surface area (Å²) < 4.78 is 54.4. The van der Waals surface area contributed by atoms with Crippen LogP contribution in [0.15, 0.2) is 47.4 Å². The van der Waals surface area contributed by atoms with E-state index in [1.807, 2.05) is 0 Å². The molecule has 25 heavy (non-hydrogen) atoms. The van der Waals surface area contributed by atoms with Crippen LogP contribution in [0.2, 0.25) is 0 Å². The predicted molar refractivity (Wildman–Crippen MR) is 90.3 cm³/mol. The molecule has 0 amide bonds. The van der Waals surface area contributed by atoms with Crippen LogP contribution in [0.25, 0.3) is 11.1 Å².